The maximum absolute atomic E-state index is 2.33. The number of fused-ring (bicyclic) bond motifs is 2. The Morgan fingerprint density at radius 2 is 1.62 bits per heavy atom. The highest BCUT2D eigenvalue weighted by atomic mass is 32.2. The van der Waals surface area contributed by atoms with Crippen LogP contribution >= 0.6 is 23.1 Å². The van der Waals surface area contributed by atoms with Crippen LogP contribution in [0, 0.1) is 0 Å². The smallest absolute Gasteiger partial charge is 0.265 e. The van der Waals surface area contributed by atoms with Crippen molar-refractivity contribution >= 4 is 57.8 Å². The van der Waals surface area contributed by atoms with Crippen LogP contribution in [0.4, 0.5) is 5.69 Å². The Morgan fingerprint density at radius 3 is 2.38 bits per heavy atom. The summed E-state index contributed by atoms with van der Waals surface area (Å²) in [6, 6.07) is 27.7. The normalized spacial score (nSPS) is 13.6. The van der Waals surface area contributed by atoms with Crippen molar-refractivity contribution in [3.8, 4) is 0 Å². The third-order valence-corrected chi connectivity index (χ3v) is 8.36. The Balaban J connectivity index is 0.000000182. The van der Waals surface area contributed by atoms with Gasteiger partial charge in [-0.15, -0.1) is 0 Å². The highest BCUT2D eigenvalue weighted by Gasteiger charge is 2.24. The number of aromatic nitrogens is 1. The van der Waals surface area contributed by atoms with E-state index in [0.29, 0.717) is 0 Å². The van der Waals surface area contributed by atoms with Crippen LogP contribution in [-0.4, -0.2) is 14.3 Å². The van der Waals surface area contributed by atoms with Gasteiger partial charge in [0.05, 0.1) is 16.8 Å². The van der Waals surface area contributed by atoms with Crippen LogP contribution in [0.1, 0.15) is 37.6 Å². The summed E-state index contributed by atoms with van der Waals surface area (Å²) in [5.74, 6) is 0. The van der Waals surface area contributed by atoms with E-state index in [1.165, 1.54) is 68.3 Å². The number of thiazole rings is 1. The van der Waals surface area contributed by atoms with Gasteiger partial charge in [0.25, 0.3) is 5.01 Å². The standard InChI is InChI=1S/C17H15N2S2.C12H18B/c1-18-12-7-3-5-9-14(12)20-16(18)11-17-19(2)13-8-4-6-10-15(13)21-17;1-2-3-4-8-11-13-12-9-6-5-7-10-12/h3-11H,1-2H3;5-7,9-10H,2-4,8,11H2,1H3/q+1;. The van der Waals surface area contributed by atoms with Crippen molar-refractivity contribution in [2.75, 3.05) is 11.9 Å². The van der Waals surface area contributed by atoms with Gasteiger partial charge in [-0.25, -0.2) is 0 Å². The monoisotopic (exact) mass is 484 g/mol. The molecule has 2 nitrogen and oxygen atoms in total. The second kappa shape index (κ2) is 12.3. The van der Waals surface area contributed by atoms with Crippen LogP contribution in [0.25, 0.3) is 16.3 Å². The van der Waals surface area contributed by atoms with Gasteiger partial charge in [0.15, 0.2) is 7.28 Å². The summed E-state index contributed by atoms with van der Waals surface area (Å²) >= 11 is 3.68. The average Bonchev–Trinajstić information content (AvgIpc) is 3.36. The molecule has 0 atom stereocenters. The van der Waals surface area contributed by atoms with Crippen molar-refractivity contribution in [3.05, 3.63) is 88.9 Å². The molecular formula is C29H33BN2S2+. The third kappa shape index (κ3) is 6.14. The summed E-state index contributed by atoms with van der Waals surface area (Å²) < 4.78 is 3.60. The second-order valence-electron chi connectivity index (χ2n) is 8.54. The molecule has 3 aromatic carbocycles. The average molecular weight is 485 g/mol. The summed E-state index contributed by atoms with van der Waals surface area (Å²) in [5.41, 5.74) is 3.94. The lowest BCUT2D eigenvalue weighted by Crippen LogP contribution is -2.29. The summed E-state index contributed by atoms with van der Waals surface area (Å²) in [6.45, 7) is 2.25. The zero-order valence-corrected chi connectivity index (χ0v) is 22.0. The lowest BCUT2D eigenvalue weighted by atomic mass is 9.66. The minimum atomic E-state index is 1.23. The van der Waals surface area contributed by atoms with E-state index in [9.17, 15) is 0 Å². The van der Waals surface area contributed by atoms with E-state index in [0.717, 1.165) is 0 Å². The fourth-order valence-corrected chi connectivity index (χ4v) is 6.28. The molecule has 173 valence electrons. The van der Waals surface area contributed by atoms with Crippen LogP contribution in [0.3, 0.4) is 0 Å². The molecule has 0 bridgehead atoms. The number of hydrogen-bond acceptors (Lipinski definition) is 3. The lowest BCUT2D eigenvalue weighted by Gasteiger charge is -2.12. The Kier molecular flexibility index (Phi) is 8.89. The third-order valence-electron chi connectivity index (χ3n) is 6.03. The van der Waals surface area contributed by atoms with E-state index in [4.69, 9.17) is 0 Å². The Labute approximate surface area is 213 Å². The number of benzene rings is 3. The van der Waals surface area contributed by atoms with Crippen LogP contribution in [0.5, 0.6) is 0 Å². The van der Waals surface area contributed by atoms with Gasteiger partial charge in [-0.2, -0.15) is 4.57 Å². The van der Waals surface area contributed by atoms with Crippen molar-refractivity contribution < 1.29 is 4.57 Å². The van der Waals surface area contributed by atoms with Crippen LogP contribution in [0.2, 0.25) is 6.32 Å². The maximum atomic E-state index is 2.33. The van der Waals surface area contributed by atoms with Crippen molar-refractivity contribution in [2.24, 2.45) is 7.05 Å². The Morgan fingerprint density at radius 1 is 0.882 bits per heavy atom. The first-order valence-electron chi connectivity index (χ1n) is 12.2. The topological polar surface area (TPSA) is 7.12 Å². The minimum Gasteiger partial charge on any atom is -0.338 e. The van der Waals surface area contributed by atoms with E-state index >= 15 is 0 Å². The first-order chi connectivity index (χ1) is 16.7. The predicted octanol–water partition coefficient (Wildman–Crippen LogP) is 7.28. The van der Waals surface area contributed by atoms with Crippen molar-refractivity contribution in [1.29, 1.82) is 0 Å². The molecule has 0 fully saturated rings. The van der Waals surface area contributed by atoms with Gasteiger partial charge >= 0.3 is 0 Å². The van der Waals surface area contributed by atoms with Crippen LogP contribution < -0.4 is 14.9 Å². The van der Waals surface area contributed by atoms with E-state index in [1.54, 1.807) is 0 Å². The van der Waals surface area contributed by atoms with Crippen molar-refractivity contribution in [1.82, 2.24) is 0 Å². The predicted molar refractivity (Wildman–Crippen MR) is 152 cm³/mol. The first-order valence-corrected chi connectivity index (χ1v) is 13.8. The van der Waals surface area contributed by atoms with Gasteiger partial charge in [-0.3, -0.25) is 0 Å². The molecule has 1 aromatic heterocycles. The Hall–Kier alpha value is -2.50. The van der Waals surface area contributed by atoms with E-state index in [1.807, 2.05) is 23.1 Å². The summed E-state index contributed by atoms with van der Waals surface area (Å²) in [7, 11) is 6.60. The quantitative estimate of drug-likeness (QED) is 0.155. The van der Waals surface area contributed by atoms with Gasteiger partial charge in [0.1, 0.15) is 11.7 Å². The van der Waals surface area contributed by atoms with Gasteiger partial charge < -0.3 is 4.90 Å². The zero-order valence-electron chi connectivity index (χ0n) is 20.4. The SMILES string of the molecule is CCCCCC[B]c1ccccc1.CN1C(=Cc2sc3ccccc3[n+]2C)Sc2ccccc21. The molecule has 1 aliphatic heterocycles. The molecular weight excluding hydrogens is 451 g/mol. The van der Waals surface area contributed by atoms with E-state index in [2.05, 4.69) is 123 Å². The summed E-state index contributed by atoms with van der Waals surface area (Å²) in [5, 5.41) is 2.55. The van der Waals surface area contributed by atoms with Crippen molar-refractivity contribution in [2.45, 2.75) is 43.8 Å². The molecule has 1 aliphatic rings. The minimum absolute atomic E-state index is 1.23. The number of thioether (sulfide) groups is 1. The van der Waals surface area contributed by atoms with E-state index in [-0.39, 0.29) is 0 Å². The molecule has 5 heteroatoms. The zero-order chi connectivity index (χ0) is 23.8. The highest BCUT2D eigenvalue weighted by Crippen LogP contribution is 2.45. The fraction of sp³-hybridized carbons (Fsp3) is 0.276. The van der Waals surface area contributed by atoms with Gasteiger partial charge in [-0.1, -0.05) is 122 Å². The number of unbranched alkanes of at least 4 members (excludes halogenated alkanes) is 3. The number of rotatable bonds is 7. The first kappa shape index (κ1) is 24.6. The number of nitrogens with zero attached hydrogens (tertiary/aromatic N) is 2. The fourth-order valence-electron chi connectivity index (χ4n) is 4.03. The van der Waals surface area contributed by atoms with Gasteiger partial charge in [-0.05, 0) is 18.2 Å². The van der Waals surface area contributed by atoms with E-state index < -0.39 is 0 Å². The number of hydrogen-bond donors (Lipinski definition) is 0. The molecule has 0 amide bonds. The van der Waals surface area contributed by atoms with Crippen molar-refractivity contribution in [3.63, 3.8) is 0 Å². The molecule has 0 unspecified atom stereocenters. The van der Waals surface area contributed by atoms with Gasteiger partial charge in [0.2, 0.25) is 5.52 Å². The number of para-hydroxylation sites is 2. The lowest BCUT2D eigenvalue weighted by molar-refractivity contribution is -0.642. The molecule has 0 saturated heterocycles. The summed E-state index contributed by atoms with van der Waals surface area (Å²) in [4.78, 5) is 3.60. The maximum Gasteiger partial charge on any atom is 0.265 e. The largest absolute Gasteiger partial charge is 0.338 e. The molecule has 5 rings (SSSR count). The molecule has 4 aromatic rings. The molecule has 1 radical (unpaired) electrons. The molecule has 2 heterocycles. The molecule has 0 spiro atoms. The second-order valence-corrected chi connectivity index (χ2v) is 10.7. The molecule has 0 saturated carbocycles. The Bertz CT molecular complexity index is 1230. The van der Waals surface area contributed by atoms with Gasteiger partial charge in [0, 0.05) is 18.0 Å². The number of aryl methyl sites for hydroxylation is 1. The highest BCUT2D eigenvalue weighted by molar-refractivity contribution is 8.03. The molecule has 34 heavy (non-hydrogen) atoms. The molecule has 0 N–H and O–H groups in total. The molecule has 0 aliphatic carbocycles. The van der Waals surface area contributed by atoms with Crippen LogP contribution in [0.15, 0.2) is 88.8 Å². The van der Waals surface area contributed by atoms with Crippen LogP contribution in [-0.2, 0) is 7.05 Å². The number of anilines is 1. The summed E-state index contributed by atoms with van der Waals surface area (Å²) in [6.07, 6.45) is 8.93.